The van der Waals surface area contributed by atoms with Gasteiger partial charge >= 0.3 is 0 Å². The molecule has 0 N–H and O–H groups in total. The first-order valence-corrected chi connectivity index (χ1v) is 23.7. The van der Waals surface area contributed by atoms with Gasteiger partial charge in [-0.15, -0.1) is 0 Å². The first kappa shape index (κ1) is 25.2. The molecule has 12 aromatic rings. The van der Waals surface area contributed by atoms with Gasteiger partial charge in [0.25, 0.3) is 0 Å². The van der Waals surface area contributed by atoms with E-state index in [4.69, 9.17) is 15.1 Å². The molecule has 0 amide bonds. The van der Waals surface area contributed by atoms with Crippen molar-refractivity contribution in [3.05, 3.63) is 329 Å². The molecule has 0 saturated heterocycles. The van der Waals surface area contributed by atoms with Gasteiger partial charge in [0, 0.05) is 17.1 Å². The van der Waals surface area contributed by atoms with Gasteiger partial charge in [0.15, 0.2) is 0 Å². The van der Waals surface area contributed by atoms with Crippen LogP contribution in [-0.2, 0) is 10.8 Å². The van der Waals surface area contributed by atoms with E-state index in [9.17, 15) is 15.1 Å². The number of fused-ring (bicyclic) bond motifs is 14. The van der Waals surface area contributed by atoms with Gasteiger partial charge in [-0.2, -0.15) is 0 Å². The maximum absolute atomic E-state index is 10.9. The highest BCUT2D eigenvalue weighted by Crippen LogP contribution is 2.65. The Bertz CT molecular complexity index is 5300. The first-order valence-electron chi connectivity index (χ1n) is 34.7. The number of rotatable bonds is 7. The average Bonchev–Trinajstić information content (AvgIpc) is 1.52. The lowest BCUT2D eigenvalue weighted by Crippen LogP contribution is -2.28. The van der Waals surface area contributed by atoms with Crippen molar-refractivity contribution in [3.8, 4) is 55.6 Å². The third-order valence-electron chi connectivity index (χ3n) is 14.8. The van der Waals surface area contributed by atoms with Crippen LogP contribution < -0.4 is 4.90 Å². The van der Waals surface area contributed by atoms with Crippen LogP contribution in [0, 0.1) is 0 Å². The Morgan fingerprint density at radius 1 is 0.301 bits per heavy atom. The predicted molar refractivity (Wildman–Crippen MR) is 303 cm³/mol. The molecule has 0 radical (unpaired) electrons. The predicted octanol–water partition coefficient (Wildman–Crippen LogP) is 18.4. The Labute approximate surface area is 457 Å². The summed E-state index contributed by atoms with van der Waals surface area (Å²) in [5.41, 5.74) is 0.929. The highest BCUT2D eigenvalue weighted by Gasteiger charge is 2.52. The number of para-hydroxylation sites is 1. The van der Waals surface area contributed by atoms with Crippen molar-refractivity contribution in [1.29, 1.82) is 0 Å². The normalized spacial score (nSPS) is 17.9. The summed E-state index contributed by atoms with van der Waals surface area (Å²) in [6.45, 7) is 0. The molecule has 0 heterocycles. The third kappa shape index (κ3) is 5.79. The van der Waals surface area contributed by atoms with Crippen molar-refractivity contribution in [2.75, 3.05) is 4.90 Å². The van der Waals surface area contributed by atoms with E-state index in [-0.39, 0.29) is 5.69 Å². The molecule has 3 aliphatic carbocycles. The van der Waals surface area contributed by atoms with Gasteiger partial charge in [0.05, 0.1) is 41.0 Å². The molecule has 1 nitrogen and oxygen atoms in total. The van der Waals surface area contributed by atoms with Crippen LogP contribution in [0.3, 0.4) is 0 Å². The van der Waals surface area contributed by atoms with E-state index < -0.39 is 189 Å². The Balaban J connectivity index is 1.07. The molecule has 73 heavy (non-hydrogen) atoms. The lowest BCUT2D eigenvalue weighted by molar-refractivity contribution is 0.768. The zero-order valence-corrected chi connectivity index (χ0v) is 38.4. The fraction of sp³-hybridized carbons (Fsp3) is 0.0278. The molecule has 0 fully saturated rings. The fourth-order valence-corrected chi connectivity index (χ4v) is 12.1. The van der Waals surface area contributed by atoms with E-state index in [2.05, 4.69) is 60.7 Å². The van der Waals surface area contributed by atoms with E-state index in [1.165, 1.54) is 6.07 Å². The van der Waals surface area contributed by atoms with Crippen molar-refractivity contribution in [2.24, 2.45) is 0 Å². The number of anilines is 3. The van der Waals surface area contributed by atoms with Gasteiger partial charge in [-0.25, -0.2) is 0 Å². The Morgan fingerprint density at radius 2 is 0.863 bits per heavy atom. The van der Waals surface area contributed by atoms with Crippen LogP contribution in [0.15, 0.2) is 285 Å². The molecule has 1 spiro atoms. The van der Waals surface area contributed by atoms with Crippen LogP contribution in [0.1, 0.15) is 74.7 Å². The average molecular weight is 948 g/mol. The number of nitrogens with zero attached hydrogens (tertiary/aromatic N) is 1. The number of hydrogen-bond donors (Lipinski definition) is 0. The molecule has 15 rings (SSSR count). The Morgan fingerprint density at radius 3 is 1.59 bits per heavy atom. The maximum Gasteiger partial charge on any atom is 0.0725 e. The molecular formula is C72H47N. The molecule has 0 bridgehead atoms. The summed E-state index contributed by atoms with van der Waals surface area (Å²) in [5, 5.41) is 1.71. The molecule has 0 aliphatic heterocycles. The lowest BCUT2D eigenvalue weighted by Gasteiger charge is -2.35. The highest BCUT2D eigenvalue weighted by atomic mass is 15.1. The van der Waals surface area contributed by atoms with E-state index in [1.807, 2.05) is 66.7 Å². The SMILES string of the molecule is [2H]c1c([2H])c([2H])c(N(c2cccc(-c3ccc4ccccc4c3-c3cccc4c3-c3ccccc3C43c4ccccc4-c4ccccc43)c2)c2c([2H])c([2H])c3c(c2[2H])C(c2c([2H])c([2H])c([2H])c([2H])c2[2H])(c2c([2H])c([2H])c([2H])c([2H])c2[2H])c2c([2H])c([2H])c([2H])c([2H])c2-3)c([2H])c1[2H]. The molecular weight excluding hydrogens is 879 g/mol. The fourth-order valence-electron chi connectivity index (χ4n) is 12.1. The van der Waals surface area contributed by atoms with Gasteiger partial charge in [0.2, 0.25) is 0 Å². The zero-order chi connectivity index (χ0) is 67.2. The largest absolute Gasteiger partial charge is 0.310 e. The summed E-state index contributed by atoms with van der Waals surface area (Å²) in [7, 11) is 0. The van der Waals surface area contributed by atoms with Crippen LogP contribution in [0.2, 0.25) is 0 Å². The lowest BCUT2D eigenvalue weighted by atomic mass is 9.67. The van der Waals surface area contributed by atoms with Gasteiger partial charge in [-0.3, -0.25) is 0 Å². The zero-order valence-electron chi connectivity index (χ0n) is 60.4. The topological polar surface area (TPSA) is 3.24 Å². The van der Waals surface area contributed by atoms with Crippen LogP contribution >= 0.6 is 0 Å². The Hall–Kier alpha value is -9.30. The second kappa shape index (κ2) is 16.1. The van der Waals surface area contributed by atoms with Gasteiger partial charge in [-0.1, -0.05) is 248 Å². The molecule has 12 aromatic carbocycles. The Kier molecular flexibility index (Phi) is 5.56. The van der Waals surface area contributed by atoms with Gasteiger partial charge in [0.1, 0.15) is 0 Å². The second-order valence-corrected chi connectivity index (χ2v) is 18.2. The van der Waals surface area contributed by atoms with Crippen LogP contribution in [0.25, 0.3) is 66.4 Å². The van der Waals surface area contributed by atoms with Crippen LogP contribution in [0.5, 0.6) is 0 Å². The molecule has 0 unspecified atom stereocenters. The smallest absolute Gasteiger partial charge is 0.0725 e. The second-order valence-electron chi connectivity index (χ2n) is 18.2. The van der Waals surface area contributed by atoms with E-state index in [1.54, 1.807) is 18.2 Å². The molecule has 0 saturated carbocycles. The summed E-state index contributed by atoms with van der Waals surface area (Å²) in [4.78, 5) is 0.995. The van der Waals surface area contributed by atoms with Crippen molar-refractivity contribution in [2.45, 2.75) is 10.8 Å². The molecule has 0 atom stereocenters. The molecule has 340 valence electrons. The summed E-state index contributed by atoms with van der Waals surface area (Å²) < 4.78 is 208. The summed E-state index contributed by atoms with van der Waals surface area (Å²) in [6.07, 6.45) is 0. The minimum Gasteiger partial charge on any atom is -0.310 e. The van der Waals surface area contributed by atoms with Crippen molar-refractivity contribution < 1.29 is 30.2 Å². The monoisotopic (exact) mass is 948 g/mol. The molecule has 0 aromatic heterocycles. The van der Waals surface area contributed by atoms with Crippen molar-refractivity contribution in [1.82, 2.24) is 0 Å². The highest BCUT2D eigenvalue weighted by molar-refractivity contribution is 6.10. The van der Waals surface area contributed by atoms with E-state index >= 15 is 0 Å². The van der Waals surface area contributed by atoms with Gasteiger partial charge in [-0.05, 0) is 147 Å². The van der Waals surface area contributed by atoms with Crippen LogP contribution in [-0.4, -0.2) is 0 Å². The van der Waals surface area contributed by atoms with Gasteiger partial charge < -0.3 is 4.90 Å². The minimum absolute atomic E-state index is 0.0979. The standard InChI is InChI=1S/C72H47N/c1-4-24-50(25-5-1)71(51-26-6-2-7-27-51)63-37-16-12-34-59(63)60-45-43-54(47-68(60)71)73(52-28-8-3-9-29-52)53-30-20-23-49(46-53)56-44-42-48-22-10-11-31-55(48)69(56)62-36-21-41-67-70(62)61-35-15-19-40-66(61)72(67)64-38-17-13-32-57(64)58-33-14-18-39-65(58)72/h1-47H/i1D,2D,3D,4D,5D,6D,7D,8D,9D,12D,16D,24D,25D,26D,27D,28D,29D,34D,37D,43D,45D,47D. The molecule has 3 aliphatic rings. The maximum atomic E-state index is 10.9. The van der Waals surface area contributed by atoms with Crippen molar-refractivity contribution in [3.63, 3.8) is 0 Å². The summed E-state index contributed by atoms with van der Waals surface area (Å²) in [5.74, 6) is 0. The van der Waals surface area contributed by atoms with Crippen LogP contribution in [0.4, 0.5) is 17.1 Å². The third-order valence-corrected chi connectivity index (χ3v) is 14.8. The van der Waals surface area contributed by atoms with E-state index in [0.29, 0.717) is 11.1 Å². The molecule has 1 heteroatoms. The quantitative estimate of drug-likeness (QED) is 0.154. The summed E-state index contributed by atoms with van der Waals surface area (Å²) >= 11 is 0. The summed E-state index contributed by atoms with van der Waals surface area (Å²) in [6, 6.07) is 28.2. The van der Waals surface area contributed by atoms with Crippen molar-refractivity contribution >= 4 is 27.8 Å². The van der Waals surface area contributed by atoms with E-state index in [0.717, 1.165) is 71.3 Å². The number of hydrogen-bond acceptors (Lipinski definition) is 1. The number of benzene rings is 12. The first-order chi connectivity index (χ1) is 45.4. The minimum atomic E-state index is -3.19.